The van der Waals surface area contributed by atoms with E-state index in [1.165, 1.54) is 5.57 Å². The molecule has 0 aromatic rings. The fourth-order valence-corrected chi connectivity index (χ4v) is 1.97. The third-order valence-electron chi connectivity index (χ3n) is 2.94. The molecule has 0 atom stereocenters. The molecule has 0 aliphatic heterocycles. The zero-order valence-corrected chi connectivity index (χ0v) is 8.18. The molecule has 0 radical (unpaired) electrons. The van der Waals surface area contributed by atoms with Crippen LogP contribution in [0.15, 0.2) is 12.2 Å². The van der Waals surface area contributed by atoms with E-state index in [0.29, 0.717) is 5.92 Å². The fraction of sp³-hybridized carbons (Fsp3) is 0.700. The third-order valence-corrected chi connectivity index (χ3v) is 2.94. The smallest absolute Gasteiger partial charge is 0.236 e. The van der Waals surface area contributed by atoms with Crippen LogP contribution in [-0.2, 0) is 4.79 Å². The van der Waals surface area contributed by atoms with Crippen LogP contribution in [0.4, 0.5) is 0 Å². The number of hydrazine groups is 1. The predicted molar refractivity (Wildman–Crippen MR) is 52.6 cm³/mol. The van der Waals surface area contributed by atoms with Gasteiger partial charge >= 0.3 is 0 Å². The molecule has 0 unspecified atom stereocenters. The minimum absolute atomic E-state index is 0.0137. The molecule has 0 spiro atoms. The first-order valence-electron chi connectivity index (χ1n) is 4.81. The summed E-state index contributed by atoms with van der Waals surface area (Å²) >= 11 is 0. The number of carbonyl (C=O) groups excluding carboxylic acids is 1. The Bertz CT molecular complexity index is 205. The van der Waals surface area contributed by atoms with Crippen molar-refractivity contribution in [3.8, 4) is 0 Å². The Kier molecular flexibility index (Phi) is 3.48. The Hall–Kier alpha value is -0.830. The van der Waals surface area contributed by atoms with Crippen molar-refractivity contribution in [2.45, 2.75) is 32.6 Å². The molecule has 0 bridgehead atoms. The highest BCUT2D eigenvalue weighted by Gasteiger charge is 2.25. The molecule has 1 aliphatic rings. The zero-order chi connectivity index (χ0) is 9.84. The van der Waals surface area contributed by atoms with Crippen LogP contribution in [0.2, 0.25) is 0 Å². The first-order valence-corrected chi connectivity index (χ1v) is 4.81. The molecule has 1 rings (SSSR count). The number of hydrogen-bond donors (Lipinski definition) is 2. The molecule has 0 aromatic heterocycles. The molecule has 1 saturated carbocycles. The van der Waals surface area contributed by atoms with Crippen LogP contribution in [0.3, 0.4) is 0 Å². The van der Waals surface area contributed by atoms with Gasteiger partial charge in [0, 0.05) is 5.92 Å². The van der Waals surface area contributed by atoms with Gasteiger partial charge in [0.25, 0.3) is 0 Å². The van der Waals surface area contributed by atoms with Crippen LogP contribution < -0.4 is 11.3 Å². The van der Waals surface area contributed by atoms with Gasteiger partial charge in [0.15, 0.2) is 0 Å². The van der Waals surface area contributed by atoms with E-state index in [1.54, 1.807) is 0 Å². The number of rotatable bonds is 2. The largest absolute Gasteiger partial charge is 0.294 e. The third kappa shape index (κ3) is 2.56. The normalized spacial score (nSPS) is 28.2. The summed E-state index contributed by atoms with van der Waals surface area (Å²) in [7, 11) is 0. The maximum Gasteiger partial charge on any atom is 0.236 e. The molecule has 0 aromatic carbocycles. The lowest BCUT2D eigenvalue weighted by molar-refractivity contribution is -0.126. The van der Waals surface area contributed by atoms with E-state index in [2.05, 4.69) is 18.9 Å². The second-order valence-corrected chi connectivity index (χ2v) is 3.90. The Balaban J connectivity index is 2.39. The summed E-state index contributed by atoms with van der Waals surface area (Å²) in [5.41, 5.74) is 3.46. The van der Waals surface area contributed by atoms with Crippen molar-refractivity contribution in [3.63, 3.8) is 0 Å². The van der Waals surface area contributed by atoms with Crippen molar-refractivity contribution in [1.29, 1.82) is 0 Å². The Labute approximate surface area is 79.3 Å². The lowest BCUT2D eigenvalue weighted by Gasteiger charge is -2.27. The lowest BCUT2D eigenvalue weighted by Crippen LogP contribution is -2.37. The van der Waals surface area contributed by atoms with Gasteiger partial charge in [-0.2, -0.15) is 0 Å². The summed E-state index contributed by atoms with van der Waals surface area (Å²) in [6.45, 7) is 6.01. The highest BCUT2D eigenvalue weighted by atomic mass is 16.2. The van der Waals surface area contributed by atoms with Gasteiger partial charge in [-0.15, -0.1) is 0 Å². The highest BCUT2D eigenvalue weighted by Crippen LogP contribution is 2.32. The minimum Gasteiger partial charge on any atom is -0.294 e. The van der Waals surface area contributed by atoms with Gasteiger partial charge in [-0.25, -0.2) is 5.84 Å². The van der Waals surface area contributed by atoms with Crippen LogP contribution in [0, 0.1) is 11.8 Å². The van der Waals surface area contributed by atoms with Crippen molar-refractivity contribution in [2.75, 3.05) is 0 Å². The molecule has 0 heterocycles. The summed E-state index contributed by atoms with van der Waals surface area (Å²) in [4.78, 5) is 11.2. The molecule has 3 nitrogen and oxygen atoms in total. The van der Waals surface area contributed by atoms with Crippen molar-refractivity contribution in [1.82, 2.24) is 5.43 Å². The van der Waals surface area contributed by atoms with Crippen molar-refractivity contribution >= 4 is 5.91 Å². The number of nitrogens with two attached hydrogens (primary N) is 1. The summed E-state index contributed by atoms with van der Waals surface area (Å²) in [5, 5.41) is 0. The zero-order valence-electron chi connectivity index (χ0n) is 8.18. The van der Waals surface area contributed by atoms with E-state index >= 15 is 0 Å². The summed E-state index contributed by atoms with van der Waals surface area (Å²) in [5.74, 6) is 5.80. The molecule has 13 heavy (non-hydrogen) atoms. The highest BCUT2D eigenvalue weighted by molar-refractivity contribution is 5.78. The number of amides is 1. The predicted octanol–water partition coefficient (Wildman–Crippen LogP) is 1.36. The summed E-state index contributed by atoms with van der Waals surface area (Å²) in [6, 6.07) is 0. The number of allylic oxidation sites excluding steroid dienone is 1. The quantitative estimate of drug-likeness (QED) is 0.293. The average Bonchev–Trinajstić information content (AvgIpc) is 2.17. The lowest BCUT2D eigenvalue weighted by atomic mass is 9.79. The number of nitrogens with one attached hydrogen (secondary N) is 1. The van der Waals surface area contributed by atoms with Crippen LogP contribution in [0.25, 0.3) is 0 Å². The van der Waals surface area contributed by atoms with Gasteiger partial charge < -0.3 is 0 Å². The van der Waals surface area contributed by atoms with Gasteiger partial charge in [0.1, 0.15) is 0 Å². The van der Waals surface area contributed by atoms with Gasteiger partial charge in [-0.05, 0) is 38.5 Å². The molecular weight excluding hydrogens is 164 g/mol. The standard InChI is InChI=1S/C10H18N2O/c1-7(2)8-3-5-9(6-4-8)10(13)12-11/h8-9H,1,3-6,11H2,2H3,(H,12,13). The van der Waals surface area contributed by atoms with Gasteiger partial charge in [0.05, 0.1) is 0 Å². The molecule has 1 aliphatic carbocycles. The second-order valence-electron chi connectivity index (χ2n) is 3.90. The monoisotopic (exact) mass is 182 g/mol. The van der Waals surface area contributed by atoms with Crippen LogP contribution >= 0.6 is 0 Å². The molecule has 1 amide bonds. The molecule has 1 fully saturated rings. The Morgan fingerprint density at radius 3 is 2.15 bits per heavy atom. The van der Waals surface area contributed by atoms with Crippen LogP contribution in [0.1, 0.15) is 32.6 Å². The first-order chi connectivity index (χ1) is 6.15. The number of carbonyl (C=O) groups is 1. The van der Waals surface area contributed by atoms with Crippen LogP contribution in [0.5, 0.6) is 0 Å². The van der Waals surface area contributed by atoms with E-state index in [9.17, 15) is 4.79 Å². The van der Waals surface area contributed by atoms with Gasteiger partial charge in [0.2, 0.25) is 5.91 Å². The second kappa shape index (κ2) is 4.42. The molecule has 3 N–H and O–H groups in total. The van der Waals surface area contributed by atoms with E-state index in [0.717, 1.165) is 25.7 Å². The average molecular weight is 182 g/mol. The first kappa shape index (κ1) is 10.3. The molecule has 0 saturated heterocycles. The molecule has 74 valence electrons. The van der Waals surface area contributed by atoms with E-state index in [4.69, 9.17) is 5.84 Å². The Morgan fingerprint density at radius 2 is 1.77 bits per heavy atom. The fourth-order valence-electron chi connectivity index (χ4n) is 1.97. The van der Waals surface area contributed by atoms with Crippen LogP contribution in [-0.4, -0.2) is 5.91 Å². The maximum atomic E-state index is 11.2. The van der Waals surface area contributed by atoms with Gasteiger partial charge in [-0.1, -0.05) is 12.2 Å². The van der Waals surface area contributed by atoms with Crippen molar-refractivity contribution < 1.29 is 4.79 Å². The summed E-state index contributed by atoms with van der Waals surface area (Å²) in [6.07, 6.45) is 4.04. The molecular formula is C10H18N2O. The van der Waals surface area contributed by atoms with E-state index < -0.39 is 0 Å². The van der Waals surface area contributed by atoms with Crippen molar-refractivity contribution in [2.24, 2.45) is 17.7 Å². The van der Waals surface area contributed by atoms with E-state index in [1.807, 2.05) is 0 Å². The van der Waals surface area contributed by atoms with Crippen molar-refractivity contribution in [3.05, 3.63) is 12.2 Å². The number of hydrogen-bond acceptors (Lipinski definition) is 2. The van der Waals surface area contributed by atoms with E-state index in [-0.39, 0.29) is 11.8 Å². The van der Waals surface area contributed by atoms with Gasteiger partial charge in [-0.3, -0.25) is 10.2 Å². The molecule has 3 heteroatoms. The minimum atomic E-state index is -0.0137. The summed E-state index contributed by atoms with van der Waals surface area (Å²) < 4.78 is 0. The SMILES string of the molecule is C=C(C)C1CCC(C(=O)NN)CC1. The Morgan fingerprint density at radius 1 is 1.31 bits per heavy atom. The maximum absolute atomic E-state index is 11.2. The topological polar surface area (TPSA) is 55.1 Å².